The van der Waals surface area contributed by atoms with Crippen LogP contribution in [0, 0.1) is 11.6 Å². The SMILES string of the molecule is CCOC(=O)Cn1c(=NC(=O)c2ccc(S(=O)(=O)N(CC)c3ccccc3)cc2)sc2cc(F)cc(F)c21. The summed E-state index contributed by atoms with van der Waals surface area (Å²) in [4.78, 5) is 29.1. The van der Waals surface area contributed by atoms with Gasteiger partial charge in [0.15, 0.2) is 10.6 Å². The van der Waals surface area contributed by atoms with Gasteiger partial charge in [-0.25, -0.2) is 17.2 Å². The Hall–Kier alpha value is -3.90. The van der Waals surface area contributed by atoms with Crippen LogP contribution in [0.15, 0.2) is 76.6 Å². The molecule has 1 aromatic heterocycles. The number of esters is 1. The fraction of sp³-hybridized carbons (Fsp3) is 0.192. The zero-order valence-electron chi connectivity index (χ0n) is 20.4. The molecule has 8 nitrogen and oxygen atoms in total. The third kappa shape index (κ3) is 5.50. The Morgan fingerprint density at radius 1 is 1.03 bits per heavy atom. The van der Waals surface area contributed by atoms with Crippen molar-refractivity contribution in [2.75, 3.05) is 17.5 Å². The number of benzene rings is 3. The van der Waals surface area contributed by atoms with Crippen molar-refractivity contribution in [3.05, 3.63) is 88.7 Å². The quantitative estimate of drug-likeness (QED) is 0.296. The van der Waals surface area contributed by atoms with Gasteiger partial charge in [0, 0.05) is 18.2 Å². The molecule has 198 valence electrons. The summed E-state index contributed by atoms with van der Waals surface area (Å²) in [5, 5.41) is 0. The Kier molecular flexibility index (Phi) is 8.02. The molecule has 0 saturated carbocycles. The molecule has 0 spiro atoms. The molecule has 0 aliphatic rings. The van der Waals surface area contributed by atoms with Gasteiger partial charge >= 0.3 is 5.97 Å². The summed E-state index contributed by atoms with van der Waals surface area (Å²) >= 11 is 0.832. The van der Waals surface area contributed by atoms with E-state index in [-0.39, 0.29) is 38.6 Å². The first-order valence-corrected chi connectivity index (χ1v) is 13.8. The van der Waals surface area contributed by atoms with E-state index >= 15 is 0 Å². The molecular weight excluding hydrogens is 536 g/mol. The summed E-state index contributed by atoms with van der Waals surface area (Å²) in [5.41, 5.74) is 0.487. The molecule has 0 aliphatic carbocycles. The monoisotopic (exact) mass is 559 g/mol. The van der Waals surface area contributed by atoms with Crippen LogP contribution < -0.4 is 9.11 Å². The van der Waals surface area contributed by atoms with Crippen LogP contribution in [0.4, 0.5) is 14.5 Å². The first-order valence-electron chi connectivity index (χ1n) is 11.6. The number of fused-ring (bicyclic) bond motifs is 1. The third-order valence-corrected chi connectivity index (χ3v) is 8.45. The van der Waals surface area contributed by atoms with Gasteiger partial charge in [0.05, 0.1) is 27.4 Å². The Balaban J connectivity index is 1.70. The molecule has 4 aromatic rings. The van der Waals surface area contributed by atoms with Crippen LogP contribution in [-0.2, 0) is 26.1 Å². The third-order valence-electron chi connectivity index (χ3n) is 5.51. The minimum atomic E-state index is -3.90. The van der Waals surface area contributed by atoms with E-state index in [1.165, 1.54) is 28.6 Å². The smallest absolute Gasteiger partial charge is 0.326 e. The normalized spacial score (nSPS) is 12.1. The number of nitrogens with zero attached hydrogens (tertiary/aromatic N) is 3. The number of sulfonamides is 1. The Morgan fingerprint density at radius 3 is 2.34 bits per heavy atom. The van der Waals surface area contributed by atoms with E-state index in [0.717, 1.165) is 22.0 Å². The zero-order chi connectivity index (χ0) is 27.4. The number of thiazole rings is 1. The molecule has 0 N–H and O–H groups in total. The number of hydrogen-bond acceptors (Lipinski definition) is 6. The predicted octanol–water partition coefficient (Wildman–Crippen LogP) is 4.50. The van der Waals surface area contributed by atoms with Crippen molar-refractivity contribution in [2.24, 2.45) is 4.99 Å². The van der Waals surface area contributed by atoms with Crippen molar-refractivity contribution >= 4 is 49.1 Å². The minimum Gasteiger partial charge on any atom is -0.465 e. The molecule has 0 saturated heterocycles. The van der Waals surface area contributed by atoms with Gasteiger partial charge in [-0.1, -0.05) is 29.5 Å². The summed E-state index contributed by atoms with van der Waals surface area (Å²) in [6.07, 6.45) is 0. The molecule has 0 bridgehead atoms. The summed E-state index contributed by atoms with van der Waals surface area (Å²) in [6, 6.07) is 15.6. The summed E-state index contributed by atoms with van der Waals surface area (Å²) < 4.78 is 62.3. The Labute approximate surface area is 221 Å². The van der Waals surface area contributed by atoms with Gasteiger partial charge in [0.1, 0.15) is 12.4 Å². The van der Waals surface area contributed by atoms with Gasteiger partial charge in [-0.05, 0) is 56.3 Å². The Morgan fingerprint density at radius 2 is 1.71 bits per heavy atom. The number of halogens is 2. The molecule has 0 radical (unpaired) electrons. The van der Waals surface area contributed by atoms with Gasteiger partial charge < -0.3 is 9.30 Å². The highest BCUT2D eigenvalue weighted by atomic mass is 32.2. The summed E-state index contributed by atoms with van der Waals surface area (Å²) in [7, 11) is -3.90. The van der Waals surface area contributed by atoms with Crippen LogP contribution >= 0.6 is 11.3 Å². The lowest BCUT2D eigenvalue weighted by molar-refractivity contribution is -0.143. The number of para-hydroxylation sites is 1. The van der Waals surface area contributed by atoms with Gasteiger partial charge in [0.25, 0.3) is 15.9 Å². The lowest BCUT2D eigenvalue weighted by Crippen LogP contribution is -2.30. The molecule has 38 heavy (non-hydrogen) atoms. The van der Waals surface area contributed by atoms with Crippen LogP contribution in [0.3, 0.4) is 0 Å². The second-order valence-electron chi connectivity index (χ2n) is 7.96. The van der Waals surface area contributed by atoms with Crippen LogP contribution in [0.2, 0.25) is 0 Å². The number of carbonyl (C=O) groups is 2. The van der Waals surface area contributed by atoms with E-state index in [1.54, 1.807) is 44.2 Å². The van der Waals surface area contributed by atoms with Gasteiger partial charge in [0.2, 0.25) is 0 Å². The lowest BCUT2D eigenvalue weighted by atomic mass is 10.2. The number of carbonyl (C=O) groups excluding carboxylic acids is 2. The number of aromatic nitrogens is 1. The van der Waals surface area contributed by atoms with Crippen molar-refractivity contribution in [3.63, 3.8) is 0 Å². The van der Waals surface area contributed by atoms with E-state index in [2.05, 4.69) is 4.99 Å². The topological polar surface area (TPSA) is 98.0 Å². The van der Waals surface area contributed by atoms with Crippen LogP contribution in [0.25, 0.3) is 10.2 Å². The number of hydrogen-bond donors (Lipinski definition) is 0. The van der Waals surface area contributed by atoms with E-state index in [9.17, 15) is 26.8 Å². The highest BCUT2D eigenvalue weighted by Gasteiger charge is 2.24. The molecule has 4 rings (SSSR count). The average molecular weight is 560 g/mol. The molecule has 3 aromatic carbocycles. The zero-order valence-corrected chi connectivity index (χ0v) is 22.1. The molecule has 0 atom stereocenters. The number of rotatable bonds is 8. The second kappa shape index (κ2) is 11.2. The maximum atomic E-state index is 14.6. The summed E-state index contributed by atoms with van der Waals surface area (Å²) in [6.45, 7) is 3.19. The number of amides is 1. The minimum absolute atomic E-state index is 0.0171. The lowest BCUT2D eigenvalue weighted by Gasteiger charge is -2.22. The van der Waals surface area contributed by atoms with Crippen molar-refractivity contribution in [2.45, 2.75) is 25.3 Å². The maximum absolute atomic E-state index is 14.6. The highest BCUT2D eigenvalue weighted by Crippen LogP contribution is 2.25. The predicted molar refractivity (Wildman–Crippen MR) is 139 cm³/mol. The van der Waals surface area contributed by atoms with E-state index in [1.807, 2.05) is 0 Å². The van der Waals surface area contributed by atoms with Crippen molar-refractivity contribution < 1.29 is 31.5 Å². The van der Waals surface area contributed by atoms with Crippen molar-refractivity contribution in [1.29, 1.82) is 0 Å². The van der Waals surface area contributed by atoms with Crippen LogP contribution in [-0.4, -0.2) is 38.0 Å². The fourth-order valence-electron chi connectivity index (χ4n) is 3.83. The summed E-state index contributed by atoms with van der Waals surface area (Å²) in [5.74, 6) is -3.17. The van der Waals surface area contributed by atoms with Crippen molar-refractivity contribution in [1.82, 2.24) is 4.57 Å². The Bertz CT molecular complexity index is 1670. The second-order valence-corrected chi connectivity index (χ2v) is 10.8. The van der Waals surface area contributed by atoms with E-state index in [4.69, 9.17) is 4.74 Å². The highest BCUT2D eigenvalue weighted by molar-refractivity contribution is 7.92. The van der Waals surface area contributed by atoms with Crippen molar-refractivity contribution in [3.8, 4) is 0 Å². The molecule has 0 aliphatic heterocycles. The average Bonchev–Trinajstić information content (AvgIpc) is 3.21. The molecule has 0 unspecified atom stereocenters. The number of anilines is 1. The molecule has 12 heteroatoms. The molecular formula is C26H23F2N3O5S2. The molecule has 1 amide bonds. The first kappa shape index (κ1) is 27.1. The molecule has 0 fully saturated rings. The molecule has 1 heterocycles. The van der Waals surface area contributed by atoms with Crippen LogP contribution in [0.5, 0.6) is 0 Å². The van der Waals surface area contributed by atoms with Gasteiger partial charge in [-0.15, -0.1) is 0 Å². The number of ether oxygens (including phenoxy) is 1. The fourth-order valence-corrected chi connectivity index (χ4v) is 6.37. The largest absolute Gasteiger partial charge is 0.465 e. The first-order chi connectivity index (χ1) is 18.1. The van der Waals surface area contributed by atoms with E-state index in [0.29, 0.717) is 11.8 Å². The van der Waals surface area contributed by atoms with E-state index < -0.39 is 40.1 Å². The maximum Gasteiger partial charge on any atom is 0.326 e. The van der Waals surface area contributed by atoms with Gasteiger partial charge in [-0.3, -0.25) is 13.9 Å². The van der Waals surface area contributed by atoms with Crippen LogP contribution in [0.1, 0.15) is 24.2 Å². The standard InChI is InChI=1S/C26H23F2N3O5S2/c1-3-31(19-8-6-5-7-9-19)38(34,35)20-12-10-17(11-13-20)25(33)29-26-30(16-23(32)36-4-2)24-21(28)14-18(27)15-22(24)37-26/h5-15H,3-4,16H2,1-2H3. The van der Waals surface area contributed by atoms with Gasteiger partial charge in [-0.2, -0.15) is 4.99 Å².